The lowest BCUT2D eigenvalue weighted by Gasteiger charge is -2.08. The first kappa shape index (κ1) is 17.4. The van der Waals surface area contributed by atoms with Crippen molar-refractivity contribution in [3.8, 4) is 0 Å². The number of ether oxygens (including phenoxy) is 1. The van der Waals surface area contributed by atoms with E-state index in [0.29, 0.717) is 15.7 Å². The Morgan fingerprint density at radius 3 is 2.43 bits per heavy atom. The minimum absolute atomic E-state index is 0.0480. The molecule has 1 aromatic rings. The van der Waals surface area contributed by atoms with Crippen molar-refractivity contribution in [3.05, 3.63) is 40.4 Å². The largest absolute Gasteiger partial charge is 0.463 e. The lowest BCUT2D eigenvalue weighted by atomic mass is 10.3. The number of esters is 1. The maximum Gasteiger partial charge on any atom is 0.330 e. The molecule has 2 N–H and O–H groups in total. The molecule has 0 atom stereocenters. The fraction of sp³-hybridized carbons (Fsp3) is 0.154. The standard InChI is InChI=1S/C13H12Cl2N2O3S/c1-2-20-12(19)4-3-11(18)17-13(21)16-10-6-8(14)5-9(15)7-10/h3-7H,2H2,1H3,(H2,16,17,18,21). The number of benzene rings is 1. The van der Waals surface area contributed by atoms with Crippen LogP contribution in [-0.4, -0.2) is 23.6 Å². The highest BCUT2D eigenvalue weighted by atomic mass is 35.5. The second-order valence-electron chi connectivity index (χ2n) is 3.69. The molecule has 0 aliphatic carbocycles. The number of hydrogen-bond acceptors (Lipinski definition) is 4. The van der Waals surface area contributed by atoms with Crippen molar-refractivity contribution < 1.29 is 14.3 Å². The second-order valence-corrected chi connectivity index (χ2v) is 4.97. The van der Waals surface area contributed by atoms with Crippen LogP contribution in [0.5, 0.6) is 0 Å². The third-order valence-corrected chi connectivity index (χ3v) is 2.66. The number of hydrogen-bond donors (Lipinski definition) is 2. The van der Waals surface area contributed by atoms with Crippen molar-refractivity contribution in [1.82, 2.24) is 5.32 Å². The van der Waals surface area contributed by atoms with E-state index in [2.05, 4.69) is 15.4 Å². The van der Waals surface area contributed by atoms with Crippen LogP contribution < -0.4 is 10.6 Å². The van der Waals surface area contributed by atoms with Gasteiger partial charge in [-0.3, -0.25) is 10.1 Å². The van der Waals surface area contributed by atoms with Crippen LogP contribution in [0.2, 0.25) is 10.0 Å². The first-order chi connectivity index (χ1) is 9.90. The zero-order chi connectivity index (χ0) is 15.8. The van der Waals surface area contributed by atoms with Gasteiger partial charge in [-0.1, -0.05) is 23.2 Å². The molecule has 0 bridgehead atoms. The van der Waals surface area contributed by atoms with Gasteiger partial charge in [0, 0.05) is 27.9 Å². The average molecular weight is 347 g/mol. The first-order valence-electron chi connectivity index (χ1n) is 5.83. The molecule has 5 nitrogen and oxygen atoms in total. The van der Waals surface area contributed by atoms with E-state index in [4.69, 9.17) is 35.4 Å². The quantitative estimate of drug-likeness (QED) is 0.498. The summed E-state index contributed by atoms with van der Waals surface area (Å²) in [7, 11) is 0. The summed E-state index contributed by atoms with van der Waals surface area (Å²) in [4.78, 5) is 22.5. The Kier molecular flexibility index (Phi) is 7.14. The molecule has 0 radical (unpaired) electrons. The number of anilines is 1. The minimum Gasteiger partial charge on any atom is -0.463 e. The fourth-order valence-electron chi connectivity index (χ4n) is 1.28. The molecule has 1 rings (SSSR count). The highest BCUT2D eigenvalue weighted by Crippen LogP contribution is 2.22. The molecule has 0 aromatic heterocycles. The predicted molar refractivity (Wildman–Crippen MR) is 86.6 cm³/mol. The molecular formula is C13H12Cl2N2O3S. The molecule has 0 saturated carbocycles. The van der Waals surface area contributed by atoms with Crippen LogP contribution in [0.1, 0.15) is 6.92 Å². The van der Waals surface area contributed by atoms with Gasteiger partial charge in [0.2, 0.25) is 5.91 Å². The number of nitrogens with one attached hydrogen (secondary N) is 2. The van der Waals surface area contributed by atoms with Gasteiger partial charge in [0.05, 0.1) is 6.61 Å². The Morgan fingerprint density at radius 1 is 1.24 bits per heavy atom. The van der Waals surface area contributed by atoms with Crippen LogP contribution >= 0.6 is 35.4 Å². The van der Waals surface area contributed by atoms with E-state index in [1.54, 1.807) is 25.1 Å². The highest BCUT2D eigenvalue weighted by molar-refractivity contribution is 7.80. The Morgan fingerprint density at radius 2 is 1.86 bits per heavy atom. The van der Waals surface area contributed by atoms with E-state index in [-0.39, 0.29) is 11.7 Å². The van der Waals surface area contributed by atoms with Gasteiger partial charge in [0.25, 0.3) is 0 Å². The smallest absolute Gasteiger partial charge is 0.330 e. The van der Waals surface area contributed by atoms with E-state index >= 15 is 0 Å². The predicted octanol–water partition coefficient (Wildman–Crippen LogP) is 2.93. The zero-order valence-corrected chi connectivity index (χ0v) is 13.3. The molecule has 0 saturated heterocycles. The highest BCUT2D eigenvalue weighted by Gasteiger charge is 2.04. The number of carbonyl (C=O) groups is 2. The maximum absolute atomic E-state index is 11.5. The summed E-state index contributed by atoms with van der Waals surface area (Å²) in [5.41, 5.74) is 0.534. The van der Waals surface area contributed by atoms with Gasteiger partial charge >= 0.3 is 5.97 Å². The number of amides is 1. The molecule has 112 valence electrons. The summed E-state index contributed by atoms with van der Waals surface area (Å²) in [6.07, 6.45) is 2.04. The maximum atomic E-state index is 11.5. The van der Waals surface area contributed by atoms with Crippen LogP contribution in [0.25, 0.3) is 0 Å². The topological polar surface area (TPSA) is 67.4 Å². The Hall–Kier alpha value is -1.63. The van der Waals surface area contributed by atoms with E-state index in [9.17, 15) is 9.59 Å². The summed E-state index contributed by atoms with van der Waals surface area (Å²) < 4.78 is 4.64. The average Bonchev–Trinajstić information content (AvgIpc) is 2.35. The van der Waals surface area contributed by atoms with Gasteiger partial charge in [-0.2, -0.15) is 0 Å². The molecule has 1 amide bonds. The van der Waals surface area contributed by atoms with Gasteiger partial charge in [-0.15, -0.1) is 0 Å². The Balaban J connectivity index is 2.53. The molecule has 0 unspecified atom stereocenters. The third-order valence-electron chi connectivity index (χ3n) is 2.01. The molecule has 8 heteroatoms. The SMILES string of the molecule is CCOC(=O)C=CC(=O)NC(=S)Nc1cc(Cl)cc(Cl)c1. The number of thiocarbonyl (C=S) groups is 1. The summed E-state index contributed by atoms with van der Waals surface area (Å²) in [5.74, 6) is -1.16. The molecule has 0 aliphatic heterocycles. The van der Waals surface area contributed by atoms with Crippen molar-refractivity contribution in [2.24, 2.45) is 0 Å². The molecule has 0 aliphatic rings. The third kappa shape index (κ3) is 7.08. The number of rotatable bonds is 4. The van der Waals surface area contributed by atoms with Crippen molar-refractivity contribution in [2.75, 3.05) is 11.9 Å². The number of carbonyl (C=O) groups excluding carboxylic acids is 2. The molecule has 21 heavy (non-hydrogen) atoms. The summed E-state index contributed by atoms with van der Waals surface area (Å²) >= 11 is 16.6. The lowest BCUT2D eigenvalue weighted by molar-refractivity contribution is -0.137. The van der Waals surface area contributed by atoms with Crippen molar-refractivity contribution >= 4 is 58.1 Å². The molecule has 0 spiro atoms. The van der Waals surface area contributed by atoms with Crippen LogP contribution in [0.4, 0.5) is 5.69 Å². The molecule has 0 heterocycles. The normalized spacial score (nSPS) is 10.2. The van der Waals surface area contributed by atoms with E-state index in [0.717, 1.165) is 12.2 Å². The van der Waals surface area contributed by atoms with Crippen LogP contribution in [0.15, 0.2) is 30.4 Å². The van der Waals surface area contributed by atoms with Crippen LogP contribution in [0.3, 0.4) is 0 Å². The van der Waals surface area contributed by atoms with Gasteiger partial charge in [-0.05, 0) is 37.3 Å². The van der Waals surface area contributed by atoms with Crippen molar-refractivity contribution in [1.29, 1.82) is 0 Å². The van der Waals surface area contributed by atoms with Crippen LogP contribution in [0, 0.1) is 0 Å². The number of halogens is 2. The van der Waals surface area contributed by atoms with Gasteiger partial charge in [0.1, 0.15) is 0 Å². The second kappa shape index (κ2) is 8.61. The molecule has 1 aromatic carbocycles. The van der Waals surface area contributed by atoms with Gasteiger partial charge in [0.15, 0.2) is 5.11 Å². The van der Waals surface area contributed by atoms with Crippen LogP contribution in [-0.2, 0) is 14.3 Å². The summed E-state index contributed by atoms with van der Waals surface area (Å²) in [6, 6.07) is 4.76. The van der Waals surface area contributed by atoms with Gasteiger partial charge in [-0.25, -0.2) is 4.79 Å². The van der Waals surface area contributed by atoms with Crippen molar-refractivity contribution in [2.45, 2.75) is 6.92 Å². The molecular weight excluding hydrogens is 335 g/mol. The Labute approximate surface area is 137 Å². The minimum atomic E-state index is -0.604. The summed E-state index contributed by atoms with van der Waals surface area (Å²) in [5, 5.41) is 6.02. The van der Waals surface area contributed by atoms with E-state index in [1.165, 1.54) is 0 Å². The van der Waals surface area contributed by atoms with E-state index < -0.39 is 11.9 Å². The lowest BCUT2D eigenvalue weighted by Crippen LogP contribution is -2.33. The first-order valence-corrected chi connectivity index (χ1v) is 7.00. The van der Waals surface area contributed by atoms with Crippen molar-refractivity contribution in [3.63, 3.8) is 0 Å². The fourth-order valence-corrected chi connectivity index (χ4v) is 2.02. The van der Waals surface area contributed by atoms with E-state index in [1.807, 2.05) is 0 Å². The Bertz CT molecular complexity index is 571. The van der Waals surface area contributed by atoms with Gasteiger partial charge < -0.3 is 10.1 Å². The monoisotopic (exact) mass is 346 g/mol. The molecule has 0 fully saturated rings. The zero-order valence-electron chi connectivity index (χ0n) is 11.0. The summed E-state index contributed by atoms with van der Waals surface area (Å²) in [6.45, 7) is 1.90.